The van der Waals surface area contributed by atoms with Crippen molar-refractivity contribution in [1.29, 1.82) is 0 Å². The Morgan fingerprint density at radius 2 is 2.31 bits per heavy atom. The number of sulfonamides is 1. The minimum atomic E-state index is -3.30. The van der Waals surface area contributed by atoms with E-state index in [1.165, 1.54) is 0 Å². The molecule has 6 heteroatoms. The zero-order valence-electron chi connectivity index (χ0n) is 7.53. The van der Waals surface area contributed by atoms with Crippen LogP contribution >= 0.6 is 0 Å². The third-order valence-electron chi connectivity index (χ3n) is 1.96. The van der Waals surface area contributed by atoms with Crippen LogP contribution in [-0.4, -0.2) is 40.0 Å². The highest BCUT2D eigenvalue weighted by Gasteiger charge is 2.13. The Morgan fingerprint density at radius 3 is 2.85 bits per heavy atom. The fourth-order valence-corrected chi connectivity index (χ4v) is 1.89. The van der Waals surface area contributed by atoms with E-state index in [9.17, 15) is 8.42 Å². The highest BCUT2D eigenvalue weighted by molar-refractivity contribution is 7.89. The van der Waals surface area contributed by atoms with Crippen LogP contribution in [0.15, 0.2) is 0 Å². The molecule has 1 atom stereocenters. The predicted molar refractivity (Wildman–Crippen MR) is 49.8 cm³/mol. The van der Waals surface area contributed by atoms with Crippen molar-refractivity contribution in [1.82, 2.24) is 5.32 Å². The molecular weight excluding hydrogens is 192 g/mol. The van der Waals surface area contributed by atoms with E-state index in [0.717, 1.165) is 19.5 Å². The van der Waals surface area contributed by atoms with Crippen molar-refractivity contribution < 1.29 is 13.2 Å². The third-order valence-corrected chi connectivity index (χ3v) is 2.82. The molecule has 0 aromatic carbocycles. The van der Waals surface area contributed by atoms with Gasteiger partial charge in [0.15, 0.2) is 0 Å². The van der Waals surface area contributed by atoms with Crippen molar-refractivity contribution in [2.45, 2.75) is 18.9 Å². The molecule has 1 heterocycles. The van der Waals surface area contributed by atoms with Crippen molar-refractivity contribution in [3.8, 4) is 0 Å². The minimum Gasteiger partial charge on any atom is -0.376 e. The smallest absolute Gasteiger partial charge is 0.209 e. The zero-order chi connectivity index (χ0) is 9.73. The van der Waals surface area contributed by atoms with E-state index in [2.05, 4.69) is 5.32 Å². The van der Waals surface area contributed by atoms with Gasteiger partial charge in [-0.05, 0) is 12.8 Å². The van der Waals surface area contributed by atoms with E-state index >= 15 is 0 Å². The lowest BCUT2D eigenvalue weighted by Gasteiger charge is -2.23. The summed E-state index contributed by atoms with van der Waals surface area (Å²) in [7, 11) is -3.30. The van der Waals surface area contributed by atoms with Crippen LogP contribution < -0.4 is 10.5 Å². The molecule has 1 aliphatic rings. The van der Waals surface area contributed by atoms with Crippen molar-refractivity contribution in [3.63, 3.8) is 0 Å². The molecule has 0 spiro atoms. The first kappa shape index (κ1) is 10.9. The summed E-state index contributed by atoms with van der Waals surface area (Å²) in [5, 5.41) is 8.04. The van der Waals surface area contributed by atoms with Gasteiger partial charge in [0, 0.05) is 13.1 Å². The lowest BCUT2D eigenvalue weighted by atomic mass is 10.2. The summed E-state index contributed by atoms with van der Waals surface area (Å²) in [4.78, 5) is 0. The summed E-state index contributed by atoms with van der Waals surface area (Å²) in [5.41, 5.74) is 0. The van der Waals surface area contributed by atoms with Crippen LogP contribution in [0.3, 0.4) is 0 Å². The van der Waals surface area contributed by atoms with Gasteiger partial charge in [0.25, 0.3) is 0 Å². The Morgan fingerprint density at radius 1 is 1.54 bits per heavy atom. The lowest BCUT2D eigenvalue weighted by molar-refractivity contribution is 0.0233. The minimum absolute atomic E-state index is 0.0485. The van der Waals surface area contributed by atoms with E-state index in [1.807, 2.05) is 0 Å². The lowest BCUT2D eigenvalue weighted by Crippen LogP contribution is -2.38. The fraction of sp³-hybridized carbons (Fsp3) is 1.00. The van der Waals surface area contributed by atoms with Crippen LogP contribution in [0.1, 0.15) is 12.8 Å². The highest BCUT2D eigenvalue weighted by Crippen LogP contribution is 2.04. The number of nitrogens with one attached hydrogen (secondary N) is 1. The van der Waals surface area contributed by atoms with Gasteiger partial charge >= 0.3 is 0 Å². The number of hydrogen-bond donors (Lipinski definition) is 2. The Hall–Kier alpha value is -0.170. The van der Waals surface area contributed by atoms with Crippen LogP contribution in [0.5, 0.6) is 0 Å². The second-order valence-corrected chi connectivity index (χ2v) is 4.94. The molecule has 0 saturated carbocycles. The molecule has 13 heavy (non-hydrogen) atoms. The summed E-state index contributed by atoms with van der Waals surface area (Å²) < 4.78 is 26.6. The summed E-state index contributed by atoms with van der Waals surface area (Å²) in [6.45, 7) is 2.40. The van der Waals surface area contributed by atoms with Gasteiger partial charge in [-0.25, -0.2) is 13.6 Å². The molecule has 5 nitrogen and oxygen atoms in total. The summed E-state index contributed by atoms with van der Waals surface area (Å²) in [6, 6.07) is 0. The van der Waals surface area contributed by atoms with E-state index in [0.29, 0.717) is 13.0 Å². The first-order chi connectivity index (χ1) is 6.08. The molecule has 0 aromatic heterocycles. The first-order valence-electron chi connectivity index (χ1n) is 4.41. The molecule has 1 fully saturated rings. The first-order valence-corrected chi connectivity index (χ1v) is 6.12. The largest absolute Gasteiger partial charge is 0.376 e. The maximum Gasteiger partial charge on any atom is 0.209 e. The average molecular weight is 208 g/mol. The van der Waals surface area contributed by atoms with Gasteiger partial charge in [0.05, 0.1) is 18.5 Å². The standard InChI is InChI=1S/C7H16N2O3S/c8-13(10,11)5-1-2-7-6-9-3-4-12-7/h7,9H,1-6H2,(H2,8,10,11). The number of nitrogens with two attached hydrogens (primary N) is 1. The number of morpholine rings is 1. The molecule has 0 aliphatic carbocycles. The van der Waals surface area contributed by atoms with Gasteiger partial charge in [-0.3, -0.25) is 0 Å². The van der Waals surface area contributed by atoms with Crippen molar-refractivity contribution in [2.75, 3.05) is 25.4 Å². The maximum absolute atomic E-state index is 10.6. The van der Waals surface area contributed by atoms with Gasteiger partial charge in [-0.1, -0.05) is 0 Å². The SMILES string of the molecule is NS(=O)(=O)CCCC1CNCCO1. The van der Waals surface area contributed by atoms with E-state index in [4.69, 9.17) is 9.88 Å². The second-order valence-electron chi connectivity index (χ2n) is 3.21. The van der Waals surface area contributed by atoms with Crippen molar-refractivity contribution in [3.05, 3.63) is 0 Å². The molecule has 0 aromatic rings. The number of rotatable bonds is 4. The predicted octanol–water partition coefficient (Wildman–Crippen LogP) is -0.956. The number of ether oxygens (including phenoxy) is 1. The molecule has 3 N–H and O–H groups in total. The van der Waals surface area contributed by atoms with Gasteiger partial charge in [0.2, 0.25) is 10.0 Å². The molecule has 0 radical (unpaired) electrons. The molecule has 78 valence electrons. The van der Waals surface area contributed by atoms with Gasteiger partial charge in [0.1, 0.15) is 0 Å². The molecule has 0 bridgehead atoms. The molecule has 1 rings (SSSR count). The zero-order valence-corrected chi connectivity index (χ0v) is 8.35. The Labute approximate surface area is 78.7 Å². The third kappa shape index (κ3) is 5.20. The monoisotopic (exact) mass is 208 g/mol. The summed E-state index contributed by atoms with van der Waals surface area (Å²) in [6.07, 6.45) is 1.48. The number of primary sulfonamides is 1. The summed E-state index contributed by atoms with van der Waals surface area (Å²) in [5.74, 6) is 0.0485. The van der Waals surface area contributed by atoms with E-state index in [-0.39, 0.29) is 11.9 Å². The van der Waals surface area contributed by atoms with Crippen LogP contribution in [-0.2, 0) is 14.8 Å². The van der Waals surface area contributed by atoms with Gasteiger partial charge in [-0.15, -0.1) is 0 Å². The molecule has 0 amide bonds. The topological polar surface area (TPSA) is 81.4 Å². The number of hydrogen-bond acceptors (Lipinski definition) is 4. The van der Waals surface area contributed by atoms with E-state index < -0.39 is 10.0 Å². The Bertz CT molecular complexity index is 234. The normalized spacial score (nSPS) is 24.5. The second kappa shape index (κ2) is 4.90. The molecule has 1 saturated heterocycles. The van der Waals surface area contributed by atoms with Gasteiger partial charge < -0.3 is 10.1 Å². The van der Waals surface area contributed by atoms with E-state index in [1.54, 1.807) is 0 Å². The molecule has 1 aliphatic heterocycles. The fourth-order valence-electron chi connectivity index (χ4n) is 1.32. The van der Waals surface area contributed by atoms with Crippen LogP contribution in [0.25, 0.3) is 0 Å². The van der Waals surface area contributed by atoms with Crippen molar-refractivity contribution in [2.24, 2.45) is 5.14 Å². The maximum atomic E-state index is 10.6. The van der Waals surface area contributed by atoms with Crippen molar-refractivity contribution >= 4 is 10.0 Å². The van der Waals surface area contributed by atoms with Crippen LogP contribution in [0, 0.1) is 0 Å². The van der Waals surface area contributed by atoms with Gasteiger partial charge in [-0.2, -0.15) is 0 Å². The van der Waals surface area contributed by atoms with Crippen LogP contribution in [0.4, 0.5) is 0 Å². The Balaban J connectivity index is 2.11. The molecular formula is C7H16N2O3S. The molecule has 1 unspecified atom stereocenters. The average Bonchev–Trinajstić information content (AvgIpc) is 2.04. The summed E-state index contributed by atoms with van der Waals surface area (Å²) >= 11 is 0. The van der Waals surface area contributed by atoms with Crippen LogP contribution in [0.2, 0.25) is 0 Å². The quantitative estimate of drug-likeness (QED) is 0.623. The Kier molecular flexibility index (Phi) is 4.11. The highest BCUT2D eigenvalue weighted by atomic mass is 32.2.